The highest BCUT2D eigenvalue weighted by molar-refractivity contribution is 6.00. The minimum absolute atomic E-state index is 0.0881. The van der Waals surface area contributed by atoms with Crippen LogP contribution in [0.5, 0.6) is 0 Å². The molecule has 0 spiro atoms. The maximum absolute atomic E-state index is 14.5. The first-order valence-corrected chi connectivity index (χ1v) is 14.4. The minimum atomic E-state index is -1.36. The van der Waals surface area contributed by atoms with E-state index in [1.54, 1.807) is 19.3 Å². The number of nitrogens with zero attached hydrogens (tertiary/aromatic N) is 4. The van der Waals surface area contributed by atoms with E-state index in [0.29, 0.717) is 24.1 Å². The number of fused-ring (bicyclic) bond motifs is 2. The van der Waals surface area contributed by atoms with Crippen LogP contribution in [-0.2, 0) is 14.3 Å². The summed E-state index contributed by atoms with van der Waals surface area (Å²) in [5.74, 6) is -2.92. The average molecular weight is 616 g/mol. The molecule has 0 radical (unpaired) electrons. The van der Waals surface area contributed by atoms with Gasteiger partial charge in [-0.3, -0.25) is 10.1 Å². The average Bonchev–Trinajstić information content (AvgIpc) is 3.72. The van der Waals surface area contributed by atoms with Crippen molar-refractivity contribution in [1.82, 2.24) is 24.8 Å². The molecule has 3 heterocycles. The summed E-state index contributed by atoms with van der Waals surface area (Å²) in [6.07, 6.45) is 5.16. The first kappa shape index (κ1) is 29.8. The lowest BCUT2D eigenvalue weighted by Crippen LogP contribution is -2.29. The number of anilines is 2. The van der Waals surface area contributed by atoms with Crippen LogP contribution in [0.15, 0.2) is 67.3 Å². The van der Waals surface area contributed by atoms with Crippen molar-refractivity contribution in [3.05, 3.63) is 84.2 Å². The SMILES string of the molecule is CCNC(=O)Nc1ncnc2c1ncn2C1CC(CC(=O)Nc2c(F)cccc2C(=O)O)C2O[C@H](/C=C/c3ccccc3)OC21. The molecule has 6 rings (SSSR count). The molecule has 1 saturated carbocycles. The monoisotopic (exact) mass is 615 g/mol. The molecule has 4 N–H and O–H groups in total. The molecule has 2 aromatic heterocycles. The Morgan fingerprint density at radius 3 is 2.62 bits per heavy atom. The van der Waals surface area contributed by atoms with Crippen molar-refractivity contribution >= 4 is 46.7 Å². The Balaban J connectivity index is 1.27. The van der Waals surface area contributed by atoms with Crippen LogP contribution in [0.4, 0.5) is 20.7 Å². The van der Waals surface area contributed by atoms with Crippen molar-refractivity contribution < 1.29 is 33.4 Å². The van der Waals surface area contributed by atoms with E-state index in [1.165, 1.54) is 18.5 Å². The van der Waals surface area contributed by atoms with E-state index in [9.17, 15) is 23.9 Å². The predicted molar refractivity (Wildman–Crippen MR) is 161 cm³/mol. The van der Waals surface area contributed by atoms with Crippen molar-refractivity contribution in [2.24, 2.45) is 5.92 Å². The number of imidazole rings is 1. The van der Waals surface area contributed by atoms with E-state index in [2.05, 4.69) is 30.9 Å². The molecular weight excluding hydrogens is 585 g/mol. The second-order valence-corrected chi connectivity index (χ2v) is 10.7. The Morgan fingerprint density at radius 2 is 1.84 bits per heavy atom. The van der Waals surface area contributed by atoms with Crippen LogP contribution < -0.4 is 16.0 Å². The van der Waals surface area contributed by atoms with E-state index < -0.39 is 47.9 Å². The van der Waals surface area contributed by atoms with Gasteiger partial charge in [-0.1, -0.05) is 42.5 Å². The van der Waals surface area contributed by atoms with Crippen LogP contribution in [0.3, 0.4) is 0 Å². The number of ether oxygens (including phenoxy) is 2. The molecule has 1 aliphatic carbocycles. The second kappa shape index (κ2) is 12.8. The van der Waals surface area contributed by atoms with Gasteiger partial charge in [0.15, 0.2) is 23.3 Å². The number of rotatable bonds is 9. The smallest absolute Gasteiger partial charge is 0.337 e. The summed E-state index contributed by atoms with van der Waals surface area (Å²) in [5, 5.41) is 17.3. The number of carbonyl (C=O) groups excluding carboxylic acids is 2. The summed E-state index contributed by atoms with van der Waals surface area (Å²) in [6, 6.07) is 12.4. The topological polar surface area (TPSA) is 170 Å². The van der Waals surface area contributed by atoms with Crippen LogP contribution in [0, 0.1) is 11.7 Å². The number of amides is 3. The van der Waals surface area contributed by atoms with Crippen LogP contribution >= 0.6 is 0 Å². The fraction of sp³-hybridized carbons (Fsp3) is 0.290. The minimum Gasteiger partial charge on any atom is -0.478 e. The summed E-state index contributed by atoms with van der Waals surface area (Å²) >= 11 is 0. The predicted octanol–water partition coefficient (Wildman–Crippen LogP) is 4.22. The number of carboxylic acid groups (broad SMARTS) is 1. The molecule has 2 fully saturated rings. The molecular formula is C31H30FN7O6. The summed E-state index contributed by atoms with van der Waals surface area (Å²) in [5.41, 5.74) is 1.05. The highest BCUT2D eigenvalue weighted by atomic mass is 19.1. The van der Waals surface area contributed by atoms with Gasteiger partial charge in [-0.25, -0.2) is 28.9 Å². The molecule has 3 amide bonds. The molecule has 2 aromatic carbocycles. The Kier molecular flexibility index (Phi) is 8.49. The third-order valence-electron chi connectivity index (χ3n) is 7.78. The molecule has 14 heteroatoms. The zero-order valence-electron chi connectivity index (χ0n) is 24.1. The van der Waals surface area contributed by atoms with Gasteiger partial charge in [-0.15, -0.1) is 0 Å². The number of aromatic nitrogens is 4. The van der Waals surface area contributed by atoms with Gasteiger partial charge in [0.25, 0.3) is 0 Å². The van der Waals surface area contributed by atoms with Gasteiger partial charge < -0.3 is 29.8 Å². The maximum atomic E-state index is 14.5. The third kappa shape index (κ3) is 6.23. The standard InChI is InChI=1S/C31H30FN7O6/c1-2-33-31(43)38-28-25-29(35-15-34-28)39(16-36-25)21-13-18(14-22(40)37-24-19(30(41)42)9-6-10-20(24)32)26-27(21)45-23(44-26)12-11-17-7-4-3-5-8-17/h3-12,15-16,18,21,23,26-27H,2,13-14H2,1H3,(H,37,40)(H,41,42)(H2,33,34,35,38,43)/b12-11+/t18?,21?,23-,26?,27?/m0/s1. The summed E-state index contributed by atoms with van der Waals surface area (Å²) in [6.45, 7) is 2.23. The summed E-state index contributed by atoms with van der Waals surface area (Å²) in [7, 11) is 0. The number of halogens is 1. The van der Waals surface area contributed by atoms with Crippen LogP contribution in [0.1, 0.15) is 41.7 Å². The van der Waals surface area contributed by atoms with Gasteiger partial charge in [0.2, 0.25) is 5.91 Å². The molecule has 0 bridgehead atoms. The number of hydrogen-bond acceptors (Lipinski definition) is 8. The normalized spacial score (nSPS) is 22.4. The van der Waals surface area contributed by atoms with E-state index in [4.69, 9.17) is 9.47 Å². The van der Waals surface area contributed by atoms with E-state index in [-0.39, 0.29) is 29.8 Å². The van der Waals surface area contributed by atoms with Crippen molar-refractivity contribution in [3.8, 4) is 0 Å². The lowest BCUT2D eigenvalue weighted by molar-refractivity contribution is -0.118. The largest absolute Gasteiger partial charge is 0.478 e. The van der Waals surface area contributed by atoms with Gasteiger partial charge in [0.05, 0.1) is 29.7 Å². The fourth-order valence-electron chi connectivity index (χ4n) is 5.84. The van der Waals surface area contributed by atoms with Crippen LogP contribution in [-0.4, -0.2) is 67.6 Å². The maximum Gasteiger partial charge on any atom is 0.337 e. The van der Waals surface area contributed by atoms with Gasteiger partial charge in [-0.05, 0) is 43.0 Å². The molecule has 1 aliphatic heterocycles. The van der Waals surface area contributed by atoms with Crippen LogP contribution in [0.2, 0.25) is 0 Å². The van der Waals surface area contributed by atoms with Crippen molar-refractivity contribution in [2.45, 2.75) is 44.3 Å². The molecule has 2 aliphatic rings. The Bertz CT molecular complexity index is 1760. The van der Waals surface area contributed by atoms with E-state index >= 15 is 0 Å². The highest BCUT2D eigenvalue weighted by Gasteiger charge is 2.52. The number of urea groups is 1. The molecule has 4 unspecified atom stereocenters. The number of nitrogens with one attached hydrogen (secondary N) is 3. The zero-order chi connectivity index (χ0) is 31.5. The third-order valence-corrected chi connectivity index (χ3v) is 7.78. The number of hydrogen-bond donors (Lipinski definition) is 4. The highest BCUT2D eigenvalue weighted by Crippen LogP contribution is 2.46. The number of para-hydroxylation sites is 1. The van der Waals surface area contributed by atoms with E-state index in [1.807, 2.05) is 41.0 Å². The van der Waals surface area contributed by atoms with E-state index in [0.717, 1.165) is 11.6 Å². The van der Waals surface area contributed by atoms with Gasteiger partial charge >= 0.3 is 12.0 Å². The summed E-state index contributed by atoms with van der Waals surface area (Å²) < 4.78 is 29.0. The number of carboxylic acids is 1. The zero-order valence-corrected chi connectivity index (χ0v) is 24.1. The number of benzene rings is 2. The number of aromatic carboxylic acids is 1. The molecule has 13 nitrogen and oxygen atoms in total. The lowest BCUT2D eigenvalue weighted by atomic mass is 10.0. The van der Waals surface area contributed by atoms with Gasteiger partial charge in [-0.2, -0.15) is 0 Å². The van der Waals surface area contributed by atoms with Crippen molar-refractivity contribution in [1.29, 1.82) is 0 Å². The van der Waals surface area contributed by atoms with Crippen molar-refractivity contribution in [3.63, 3.8) is 0 Å². The Morgan fingerprint density at radius 1 is 1.04 bits per heavy atom. The second-order valence-electron chi connectivity index (χ2n) is 10.7. The Labute approximate surface area is 256 Å². The molecule has 232 valence electrons. The molecule has 1 saturated heterocycles. The molecule has 4 aromatic rings. The number of carbonyl (C=O) groups is 3. The van der Waals surface area contributed by atoms with Gasteiger partial charge in [0.1, 0.15) is 18.2 Å². The quantitative estimate of drug-likeness (QED) is 0.215. The molecule has 5 atom stereocenters. The van der Waals surface area contributed by atoms with Crippen molar-refractivity contribution in [2.75, 3.05) is 17.2 Å². The van der Waals surface area contributed by atoms with Crippen LogP contribution in [0.25, 0.3) is 17.2 Å². The fourth-order valence-corrected chi connectivity index (χ4v) is 5.84. The lowest BCUT2D eigenvalue weighted by Gasteiger charge is -2.19. The van der Waals surface area contributed by atoms with Gasteiger partial charge in [0, 0.05) is 13.0 Å². The summed E-state index contributed by atoms with van der Waals surface area (Å²) in [4.78, 5) is 50.1. The first-order chi connectivity index (χ1) is 21.8. The first-order valence-electron chi connectivity index (χ1n) is 14.4. The Hall–Kier alpha value is -5.21. The molecule has 45 heavy (non-hydrogen) atoms.